The van der Waals surface area contributed by atoms with E-state index in [0.29, 0.717) is 17.0 Å². The molecule has 1 aliphatic rings. The molecule has 2 N–H and O–H groups in total. The Hall–Kier alpha value is -0.640. The van der Waals surface area contributed by atoms with Crippen LogP contribution in [0.25, 0.3) is 0 Å². The van der Waals surface area contributed by atoms with Crippen molar-refractivity contribution in [3.05, 3.63) is 34.6 Å². The maximum Gasteiger partial charge on any atom is 0.127 e. The molecule has 1 aliphatic heterocycles. The maximum atomic E-state index is 13.6. The molecule has 1 fully saturated rings. The molecule has 0 radical (unpaired) electrons. The lowest BCUT2D eigenvalue weighted by Crippen LogP contribution is -2.31. The van der Waals surface area contributed by atoms with Gasteiger partial charge in [0.05, 0.1) is 6.61 Å². The second kappa shape index (κ2) is 4.70. The van der Waals surface area contributed by atoms with Crippen LogP contribution in [0, 0.1) is 11.2 Å². The standard InChI is InChI=1S/C12H15ClFNO/c13-10-2-1-9(11(14)5-10)6-12(8-16)3-4-15-7-12/h1-2,5,15-16H,3-4,6-8H2. The number of nitrogens with one attached hydrogen (secondary N) is 1. The molecule has 1 atom stereocenters. The minimum absolute atomic E-state index is 0.0854. The highest BCUT2D eigenvalue weighted by Crippen LogP contribution is 2.30. The summed E-state index contributed by atoms with van der Waals surface area (Å²) < 4.78 is 13.6. The molecule has 0 bridgehead atoms. The first-order chi connectivity index (χ1) is 7.65. The van der Waals surface area contributed by atoms with E-state index >= 15 is 0 Å². The summed E-state index contributed by atoms with van der Waals surface area (Å²) in [5, 5.41) is 13.0. The van der Waals surface area contributed by atoms with Gasteiger partial charge in [0.1, 0.15) is 5.82 Å². The Morgan fingerprint density at radius 1 is 1.50 bits per heavy atom. The fraction of sp³-hybridized carbons (Fsp3) is 0.500. The fourth-order valence-corrected chi connectivity index (χ4v) is 2.37. The van der Waals surface area contributed by atoms with Gasteiger partial charge in [-0.2, -0.15) is 0 Å². The lowest BCUT2D eigenvalue weighted by molar-refractivity contribution is 0.142. The number of hydrogen-bond acceptors (Lipinski definition) is 2. The zero-order chi connectivity index (χ0) is 11.6. The van der Waals surface area contributed by atoms with Crippen LogP contribution in [0.5, 0.6) is 0 Å². The van der Waals surface area contributed by atoms with Crippen LogP contribution in [0.15, 0.2) is 18.2 Å². The maximum absolute atomic E-state index is 13.6. The van der Waals surface area contributed by atoms with Gasteiger partial charge in [0.2, 0.25) is 0 Å². The molecule has 0 saturated carbocycles. The van der Waals surface area contributed by atoms with Gasteiger partial charge in [-0.25, -0.2) is 4.39 Å². The highest BCUT2D eigenvalue weighted by Gasteiger charge is 2.33. The van der Waals surface area contributed by atoms with E-state index in [1.165, 1.54) is 6.07 Å². The second-order valence-corrected chi connectivity index (χ2v) is 4.93. The summed E-state index contributed by atoms with van der Waals surface area (Å²) in [5.74, 6) is -0.285. The average Bonchev–Trinajstić information content (AvgIpc) is 2.72. The van der Waals surface area contributed by atoms with E-state index < -0.39 is 0 Å². The van der Waals surface area contributed by atoms with Crippen molar-refractivity contribution in [3.8, 4) is 0 Å². The van der Waals surface area contributed by atoms with Crippen molar-refractivity contribution in [1.82, 2.24) is 5.32 Å². The van der Waals surface area contributed by atoms with Crippen molar-refractivity contribution < 1.29 is 9.50 Å². The number of halogens is 2. The highest BCUT2D eigenvalue weighted by atomic mass is 35.5. The average molecular weight is 244 g/mol. The van der Waals surface area contributed by atoms with E-state index in [-0.39, 0.29) is 17.8 Å². The second-order valence-electron chi connectivity index (χ2n) is 4.50. The molecule has 16 heavy (non-hydrogen) atoms. The molecule has 0 amide bonds. The predicted molar refractivity (Wildman–Crippen MR) is 62.1 cm³/mol. The van der Waals surface area contributed by atoms with Crippen molar-refractivity contribution in [2.24, 2.45) is 5.41 Å². The third kappa shape index (κ3) is 2.37. The summed E-state index contributed by atoms with van der Waals surface area (Å²) in [6.45, 7) is 1.71. The van der Waals surface area contributed by atoms with Crippen molar-refractivity contribution in [2.75, 3.05) is 19.7 Å². The van der Waals surface area contributed by atoms with Gasteiger partial charge in [0, 0.05) is 17.0 Å². The van der Waals surface area contributed by atoms with Crippen molar-refractivity contribution in [3.63, 3.8) is 0 Å². The number of hydrogen-bond donors (Lipinski definition) is 2. The minimum atomic E-state index is -0.285. The van der Waals surface area contributed by atoms with Crippen LogP contribution in [-0.4, -0.2) is 24.8 Å². The molecule has 1 aromatic rings. The Bertz CT molecular complexity index is 377. The van der Waals surface area contributed by atoms with Crippen molar-refractivity contribution >= 4 is 11.6 Å². The van der Waals surface area contributed by atoms with Gasteiger partial charge in [0.15, 0.2) is 0 Å². The largest absolute Gasteiger partial charge is 0.396 e. The first-order valence-corrected chi connectivity index (χ1v) is 5.79. The molecule has 1 aromatic carbocycles. The molecule has 0 spiro atoms. The molecule has 1 saturated heterocycles. The molecule has 0 aliphatic carbocycles. The zero-order valence-corrected chi connectivity index (χ0v) is 9.73. The lowest BCUT2D eigenvalue weighted by atomic mass is 9.81. The van der Waals surface area contributed by atoms with E-state index in [2.05, 4.69) is 5.32 Å². The van der Waals surface area contributed by atoms with Crippen LogP contribution in [0.1, 0.15) is 12.0 Å². The van der Waals surface area contributed by atoms with Crippen LogP contribution >= 0.6 is 11.6 Å². The molecule has 88 valence electrons. The fourth-order valence-electron chi connectivity index (χ4n) is 2.21. The summed E-state index contributed by atoms with van der Waals surface area (Å²) in [6.07, 6.45) is 1.44. The molecule has 4 heteroatoms. The van der Waals surface area contributed by atoms with Crippen LogP contribution in [0.4, 0.5) is 4.39 Å². The van der Waals surface area contributed by atoms with E-state index in [4.69, 9.17) is 11.6 Å². The Morgan fingerprint density at radius 2 is 2.31 bits per heavy atom. The molecule has 1 unspecified atom stereocenters. The highest BCUT2D eigenvalue weighted by molar-refractivity contribution is 6.30. The molecule has 2 nitrogen and oxygen atoms in total. The smallest absolute Gasteiger partial charge is 0.127 e. The summed E-state index contributed by atoms with van der Waals surface area (Å²) in [6, 6.07) is 4.71. The topological polar surface area (TPSA) is 32.3 Å². The van der Waals surface area contributed by atoms with Crippen LogP contribution in [0.2, 0.25) is 5.02 Å². The first kappa shape index (κ1) is 11.8. The van der Waals surface area contributed by atoms with Crippen LogP contribution in [0.3, 0.4) is 0 Å². The van der Waals surface area contributed by atoms with Crippen LogP contribution < -0.4 is 5.32 Å². The third-order valence-electron chi connectivity index (χ3n) is 3.25. The van der Waals surface area contributed by atoms with Gasteiger partial charge in [-0.15, -0.1) is 0 Å². The Labute approximate surface area is 99.4 Å². The van der Waals surface area contributed by atoms with Crippen molar-refractivity contribution in [1.29, 1.82) is 0 Å². The molecule has 0 aromatic heterocycles. The van der Waals surface area contributed by atoms with Gasteiger partial charge < -0.3 is 10.4 Å². The quantitative estimate of drug-likeness (QED) is 0.851. The number of aliphatic hydroxyl groups is 1. The summed E-state index contributed by atoms with van der Waals surface area (Å²) in [7, 11) is 0. The Balaban J connectivity index is 2.19. The van der Waals surface area contributed by atoms with E-state index in [9.17, 15) is 9.50 Å². The SMILES string of the molecule is OCC1(Cc2ccc(Cl)cc2F)CCNC1. The van der Waals surface area contributed by atoms with Gasteiger partial charge >= 0.3 is 0 Å². The molecular formula is C12H15ClFNO. The van der Waals surface area contributed by atoms with E-state index in [1.54, 1.807) is 12.1 Å². The first-order valence-electron chi connectivity index (χ1n) is 5.41. The van der Waals surface area contributed by atoms with Crippen LogP contribution in [-0.2, 0) is 6.42 Å². The van der Waals surface area contributed by atoms with Gasteiger partial charge in [0.25, 0.3) is 0 Å². The van der Waals surface area contributed by atoms with Gasteiger partial charge in [-0.05, 0) is 37.1 Å². The lowest BCUT2D eigenvalue weighted by Gasteiger charge is -2.25. The van der Waals surface area contributed by atoms with E-state index in [0.717, 1.165) is 19.5 Å². The third-order valence-corrected chi connectivity index (χ3v) is 3.48. The van der Waals surface area contributed by atoms with Gasteiger partial charge in [-0.1, -0.05) is 17.7 Å². The normalized spacial score (nSPS) is 24.9. The molecule has 1 heterocycles. The molecular weight excluding hydrogens is 229 g/mol. The predicted octanol–water partition coefficient (Wildman–Crippen LogP) is 1.99. The number of aliphatic hydroxyl groups excluding tert-OH is 1. The number of benzene rings is 1. The summed E-state index contributed by atoms with van der Waals surface area (Å²) in [5.41, 5.74) is 0.413. The Kier molecular flexibility index (Phi) is 3.47. The van der Waals surface area contributed by atoms with Gasteiger partial charge in [-0.3, -0.25) is 0 Å². The van der Waals surface area contributed by atoms with E-state index in [1.807, 2.05) is 0 Å². The zero-order valence-electron chi connectivity index (χ0n) is 8.97. The minimum Gasteiger partial charge on any atom is -0.396 e. The number of rotatable bonds is 3. The molecule has 2 rings (SSSR count). The monoisotopic (exact) mass is 243 g/mol. The van der Waals surface area contributed by atoms with Crippen molar-refractivity contribution in [2.45, 2.75) is 12.8 Å². The summed E-state index contributed by atoms with van der Waals surface area (Å²) in [4.78, 5) is 0. The summed E-state index contributed by atoms with van der Waals surface area (Å²) >= 11 is 5.70. The Morgan fingerprint density at radius 3 is 2.88 bits per heavy atom.